The van der Waals surface area contributed by atoms with E-state index in [0.717, 1.165) is 12.3 Å². The minimum absolute atomic E-state index is 0.154. The summed E-state index contributed by atoms with van der Waals surface area (Å²) in [6, 6.07) is 7.05. The first-order valence-electron chi connectivity index (χ1n) is 5.07. The summed E-state index contributed by atoms with van der Waals surface area (Å²) < 4.78 is 5.27. The molecular formula is C11H11BrN2O2S. The number of ether oxygens (including phenoxy) is 1. The van der Waals surface area contributed by atoms with E-state index in [2.05, 4.69) is 26.2 Å². The molecule has 1 amide bonds. The number of thioether (sulfide) groups is 1. The van der Waals surface area contributed by atoms with Gasteiger partial charge in [0.05, 0.1) is 6.54 Å². The first-order chi connectivity index (χ1) is 8.29. The van der Waals surface area contributed by atoms with Crippen LogP contribution in [0.25, 0.3) is 0 Å². The molecule has 0 spiro atoms. The van der Waals surface area contributed by atoms with Crippen molar-refractivity contribution in [3.05, 3.63) is 29.8 Å². The van der Waals surface area contributed by atoms with E-state index in [4.69, 9.17) is 4.74 Å². The van der Waals surface area contributed by atoms with Gasteiger partial charge in [0.25, 0.3) is 5.91 Å². The van der Waals surface area contributed by atoms with Gasteiger partial charge in [0, 0.05) is 11.3 Å². The highest BCUT2D eigenvalue weighted by atomic mass is 79.9. The number of halogens is 1. The van der Waals surface area contributed by atoms with Gasteiger partial charge in [-0.05, 0) is 34.1 Å². The maximum Gasteiger partial charge on any atom is 0.257 e. The first-order valence-corrected chi connectivity index (χ1v) is 7.18. The van der Waals surface area contributed by atoms with Crippen LogP contribution in [-0.4, -0.2) is 28.9 Å². The van der Waals surface area contributed by atoms with Crippen LogP contribution in [0.5, 0.6) is 5.75 Å². The van der Waals surface area contributed by atoms with Crippen LogP contribution in [-0.2, 0) is 0 Å². The highest BCUT2D eigenvalue weighted by molar-refractivity contribution is 9.09. The lowest BCUT2D eigenvalue weighted by molar-refractivity contribution is 0.0977. The Balaban J connectivity index is 2.05. The van der Waals surface area contributed by atoms with Crippen LogP contribution in [0.1, 0.15) is 10.4 Å². The number of carbonyl (C=O) groups is 1. The number of hydrogen-bond acceptors (Lipinski definition) is 4. The zero-order valence-electron chi connectivity index (χ0n) is 8.98. The van der Waals surface area contributed by atoms with Crippen molar-refractivity contribution in [1.82, 2.24) is 5.32 Å². The third-order valence-corrected chi connectivity index (χ3v) is 3.24. The molecule has 17 heavy (non-hydrogen) atoms. The number of amidine groups is 1. The molecule has 1 aromatic carbocycles. The Labute approximate surface area is 112 Å². The fourth-order valence-corrected chi connectivity index (χ4v) is 2.36. The Kier molecular flexibility index (Phi) is 4.44. The standard InChI is InChI=1S/C11H11BrN2O2S/c12-7-16-9-3-1-2-8(6-9)10(15)14-11-13-4-5-17-11/h1-3,6H,4-5,7H2,(H,13,14,15). The van der Waals surface area contributed by atoms with Crippen LogP contribution in [0, 0.1) is 0 Å². The molecule has 1 heterocycles. The highest BCUT2D eigenvalue weighted by Crippen LogP contribution is 2.15. The lowest BCUT2D eigenvalue weighted by atomic mass is 10.2. The molecule has 0 fully saturated rings. The van der Waals surface area contributed by atoms with Crippen molar-refractivity contribution < 1.29 is 9.53 Å². The summed E-state index contributed by atoms with van der Waals surface area (Å²) in [4.78, 5) is 16.1. The molecule has 0 aliphatic carbocycles. The number of amides is 1. The largest absolute Gasteiger partial charge is 0.482 e. The van der Waals surface area contributed by atoms with Gasteiger partial charge in [-0.15, -0.1) is 0 Å². The van der Waals surface area contributed by atoms with E-state index in [1.54, 1.807) is 36.0 Å². The Morgan fingerprint density at radius 1 is 1.59 bits per heavy atom. The SMILES string of the molecule is O=C(NC1=NCCS1)c1cccc(OCBr)c1. The number of nitrogens with one attached hydrogen (secondary N) is 1. The number of hydrogen-bond donors (Lipinski definition) is 1. The van der Waals surface area contributed by atoms with E-state index in [0.29, 0.717) is 22.0 Å². The average Bonchev–Trinajstić information content (AvgIpc) is 2.83. The summed E-state index contributed by atoms with van der Waals surface area (Å²) in [5.41, 5.74) is 0.972. The van der Waals surface area contributed by atoms with Gasteiger partial charge in [0.15, 0.2) is 5.17 Å². The topological polar surface area (TPSA) is 50.7 Å². The van der Waals surface area contributed by atoms with Crippen LogP contribution >= 0.6 is 27.7 Å². The smallest absolute Gasteiger partial charge is 0.257 e. The normalized spacial score (nSPS) is 14.3. The average molecular weight is 315 g/mol. The van der Waals surface area contributed by atoms with E-state index in [-0.39, 0.29) is 5.91 Å². The van der Waals surface area contributed by atoms with Gasteiger partial charge in [-0.1, -0.05) is 17.8 Å². The monoisotopic (exact) mass is 314 g/mol. The van der Waals surface area contributed by atoms with E-state index in [1.807, 2.05) is 0 Å². The molecule has 0 atom stereocenters. The van der Waals surface area contributed by atoms with Gasteiger partial charge in [-0.2, -0.15) is 0 Å². The third kappa shape index (κ3) is 3.47. The Hall–Kier alpha value is -1.01. The summed E-state index contributed by atoms with van der Waals surface area (Å²) in [5.74, 6) is 1.44. The van der Waals surface area contributed by atoms with Crippen molar-refractivity contribution in [2.24, 2.45) is 4.99 Å². The summed E-state index contributed by atoms with van der Waals surface area (Å²) in [6.45, 7) is 0.771. The molecule has 1 aromatic rings. The van der Waals surface area contributed by atoms with Gasteiger partial charge in [-0.3, -0.25) is 9.79 Å². The van der Waals surface area contributed by atoms with Crippen molar-refractivity contribution >= 4 is 38.8 Å². The molecule has 1 N–H and O–H groups in total. The molecule has 0 aromatic heterocycles. The van der Waals surface area contributed by atoms with Crippen molar-refractivity contribution in [3.63, 3.8) is 0 Å². The van der Waals surface area contributed by atoms with Crippen molar-refractivity contribution in [3.8, 4) is 5.75 Å². The number of benzene rings is 1. The summed E-state index contributed by atoms with van der Waals surface area (Å²) in [7, 11) is 0. The fourth-order valence-electron chi connectivity index (χ4n) is 1.37. The van der Waals surface area contributed by atoms with Gasteiger partial charge in [0.2, 0.25) is 0 Å². The Morgan fingerprint density at radius 3 is 3.18 bits per heavy atom. The van der Waals surface area contributed by atoms with Crippen LogP contribution in [0.4, 0.5) is 0 Å². The van der Waals surface area contributed by atoms with Crippen LogP contribution in [0.3, 0.4) is 0 Å². The summed E-state index contributed by atoms with van der Waals surface area (Å²) >= 11 is 4.73. The molecular weight excluding hydrogens is 304 g/mol. The lowest BCUT2D eigenvalue weighted by Crippen LogP contribution is -2.27. The highest BCUT2D eigenvalue weighted by Gasteiger charge is 2.12. The fraction of sp³-hybridized carbons (Fsp3) is 0.273. The molecule has 0 bridgehead atoms. The number of rotatable bonds is 3. The van der Waals surface area contributed by atoms with E-state index < -0.39 is 0 Å². The molecule has 0 unspecified atom stereocenters. The van der Waals surface area contributed by atoms with Crippen LogP contribution in [0.2, 0.25) is 0 Å². The van der Waals surface area contributed by atoms with Crippen molar-refractivity contribution in [2.75, 3.05) is 17.8 Å². The lowest BCUT2D eigenvalue weighted by Gasteiger charge is -2.06. The van der Waals surface area contributed by atoms with Gasteiger partial charge < -0.3 is 10.1 Å². The third-order valence-electron chi connectivity index (χ3n) is 2.12. The predicted octanol–water partition coefficient (Wildman–Crippen LogP) is 2.25. The molecule has 2 rings (SSSR count). The van der Waals surface area contributed by atoms with E-state index >= 15 is 0 Å². The quantitative estimate of drug-likeness (QED) is 0.871. The molecule has 1 aliphatic rings. The molecule has 0 saturated heterocycles. The predicted molar refractivity (Wildman–Crippen MR) is 73.1 cm³/mol. The molecule has 4 nitrogen and oxygen atoms in total. The Bertz CT molecular complexity index is 451. The van der Waals surface area contributed by atoms with Gasteiger partial charge in [0.1, 0.15) is 11.3 Å². The molecule has 0 saturated carbocycles. The second-order valence-electron chi connectivity index (χ2n) is 3.27. The van der Waals surface area contributed by atoms with Crippen LogP contribution in [0.15, 0.2) is 29.3 Å². The van der Waals surface area contributed by atoms with Gasteiger partial charge >= 0.3 is 0 Å². The maximum absolute atomic E-state index is 11.9. The molecule has 1 aliphatic heterocycles. The van der Waals surface area contributed by atoms with Crippen LogP contribution < -0.4 is 10.1 Å². The van der Waals surface area contributed by atoms with Crippen molar-refractivity contribution in [2.45, 2.75) is 0 Å². The minimum atomic E-state index is -0.154. The van der Waals surface area contributed by atoms with Crippen molar-refractivity contribution in [1.29, 1.82) is 0 Å². The molecule has 90 valence electrons. The van der Waals surface area contributed by atoms with Gasteiger partial charge in [-0.25, -0.2) is 0 Å². The van der Waals surface area contributed by atoms with E-state index in [1.165, 1.54) is 0 Å². The van der Waals surface area contributed by atoms with E-state index in [9.17, 15) is 4.79 Å². The summed E-state index contributed by atoms with van der Waals surface area (Å²) in [6.07, 6.45) is 0. The minimum Gasteiger partial charge on any atom is -0.482 e. The zero-order valence-corrected chi connectivity index (χ0v) is 11.4. The summed E-state index contributed by atoms with van der Waals surface area (Å²) in [5, 5.41) is 3.47. The second-order valence-corrected chi connectivity index (χ2v) is 4.81. The zero-order chi connectivity index (χ0) is 12.1. The number of alkyl halides is 1. The molecule has 0 radical (unpaired) electrons. The number of carbonyl (C=O) groups excluding carboxylic acids is 1. The maximum atomic E-state index is 11.9. The number of nitrogens with zero attached hydrogens (tertiary/aromatic N) is 1. The second kappa shape index (κ2) is 6.07. The number of aliphatic imine (C=N–C) groups is 1. The first kappa shape index (κ1) is 12.4. The molecule has 6 heteroatoms. The Morgan fingerprint density at radius 2 is 2.47 bits per heavy atom.